The number of hydrogen-bond acceptors (Lipinski definition) is 5. The fourth-order valence-electron chi connectivity index (χ4n) is 3.85. The van der Waals surface area contributed by atoms with Crippen LogP contribution in [0.25, 0.3) is 0 Å². The van der Waals surface area contributed by atoms with Gasteiger partial charge in [0.15, 0.2) is 0 Å². The normalized spacial score (nSPS) is 20.6. The first-order valence-corrected chi connectivity index (χ1v) is 11.0. The van der Waals surface area contributed by atoms with Crippen molar-refractivity contribution in [2.24, 2.45) is 0 Å². The van der Waals surface area contributed by atoms with Gasteiger partial charge in [-0.25, -0.2) is 4.79 Å². The van der Waals surface area contributed by atoms with E-state index in [2.05, 4.69) is 33.1 Å². The maximum atomic E-state index is 13.0. The van der Waals surface area contributed by atoms with Crippen molar-refractivity contribution in [1.82, 2.24) is 5.32 Å². The molecule has 164 valence electrons. The number of benzene rings is 1. The van der Waals surface area contributed by atoms with E-state index in [0.717, 1.165) is 29.3 Å². The standard InChI is InChI=1S/C23H30BrNO5/c1-5-8-16-12-19(24)18(20(13-16)28-3)14-21(26)25-23(22(27)29-4)10-7-9-17(15-23)30-11-6-2/h12-13,17H,6-7,9-11,14-15H2,1-4H3,(H,25,26). The summed E-state index contributed by atoms with van der Waals surface area (Å²) in [7, 11) is 2.90. The molecule has 1 aliphatic carbocycles. The van der Waals surface area contributed by atoms with Crippen LogP contribution >= 0.6 is 15.9 Å². The number of halogens is 1. The molecule has 1 fully saturated rings. The van der Waals surface area contributed by atoms with Crippen LogP contribution in [0.1, 0.15) is 57.1 Å². The fraction of sp³-hybridized carbons (Fsp3) is 0.565. The molecule has 1 N–H and O–H groups in total. The highest BCUT2D eigenvalue weighted by Gasteiger charge is 2.45. The lowest BCUT2D eigenvalue weighted by molar-refractivity contribution is -0.155. The average molecular weight is 480 g/mol. The van der Waals surface area contributed by atoms with Gasteiger partial charge >= 0.3 is 5.97 Å². The van der Waals surface area contributed by atoms with Gasteiger partial charge in [0.05, 0.1) is 26.7 Å². The molecule has 0 radical (unpaired) electrons. The van der Waals surface area contributed by atoms with Crippen molar-refractivity contribution in [2.75, 3.05) is 20.8 Å². The Morgan fingerprint density at radius 1 is 1.33 bits per heavy atom. The summed E-state index contributed by atoms with van der Waals surface area (Å²) in [6.07, 6.45) is 3.47. The van der Waals surface area contributed by atoms with Gasteiger partial charge < -0.3 is 19.5 Å². The third kappa shape index (κ3) is 5.99. The lowest BCUT2D eigenvalue weighted by Gasteiger charge is -2.39. The molecule has 0 spiro atoms. The van der Waals surface area contributed by atoms with Crippen LogP contribution in [0.3, 0.4) is 0 Å². The molecule has 2 rings (SSSR count). The monoisotopic (exact) mass is 479 g/mol. The predicted octanol–water partition coefficient (Wildman–Crippen LogP) is 3.77. The number of nitrogens with one attached hydrogen (secondary N) is 1. The lowest BCUT2D eigenvalue weighted by atomic mass is 9.79. The Kier molecular flexibility index (Phi) is 9.19. The van der Waals surface area contributed by atoms with Crippen molar-refractivity contribution < 1.29 is 23.8 Å². The third-order valence-electron chi connectivity index (χ3n) is 5.20. The molecule has 1 aliphatic rings. The second-order valence-corrected chi connectivity index (χ2v) is 8.26. The highest BCUT2D eigenvalue weighted by molar-refractivity contribution is 9.10. The minimum absolute atomic E-state index is 0.0584. The molecule has 0 heterocycles. The van der Waals surface area contributed by atoms with Crippen molar-refractivity contribution in [3.8, 4) is 17.6 Å². The van der Waals surface area contributed by atoms with Gasteiger partial charge in [0.2, 0.25) is 5.91 Å². The molecule has 2 atom stereocenters. The van der Waals surface area contributed by atoms with Crippen LogP contribution in [0.5, 0.6) is 5.75 Å². The molecule has 7 heteroatoms. The van der Waals surface area contributed by atoms with Gasteiger partial charge in [-0.05, 0) is 44.7 Å². The zero-order valence-corrected chi connectivity index (χ0v) is 19.7. The van der Waals surface area contributed by atoms with Crippen molar-refractivity contribution in [1.29, 1.82) is 0 Å². The molecule has 1 aromatic rings. The third-order valence-corrected chi connectivity index (χ3v) is 5.91. The Bertz CT molecular complexity index is 829. The summed E-state index contributed by atoms with van der Waals surface area (Å²) < 4.78 is 17.1. The van der Waals surface area contributed by atoms with Gasteiger partial charge in [0.25, 0.3) is 0 Å². The van der Waals surface area contributed by atoms with Crippen LogP contribution in [0.15, 0.2) is 16.6 Å². The summed E-state index contributed by atoms with van der Waals surface area (Å²) in [4.78, 5) is 25.7. The van der Waals surface area contributed by atoms with E-state index >= 15 is 0 Å². The second kappa shape index (κ2) is 11.4. The highest BCUT2D eigenvalue weighted by Crippen LogP contribution is 2.33. The predicted molar refractivity (Wildman–Crippen MR) is 118 cm³/mol. The molecule has 6 nitrogen and oxygen atoms in total. The Hall–Kier alpha value is -2.04. The molecular weight excluding hydrogens is 450 g/mol. The minimum atomic E-state index is -1.07. The molecule has 1 saturated carbocycles. The Balaban J connectivity index is 2.22. The molecule has 1 amide bonds. The number of carbonyl (C=O) groups is 2. The van der Waals surface area contributed by atoms with E-state index in [9.17, 15) is 9.59 Å². The SMILES string of the molecule is CC#Cc1cc(Br)c(CC(=O)NC2(C(=O)OC)CCCC(OCCC)C2)c(OC)c1. The molecule has 30 heavy (non-hydrogen) atoms. The van der Waals surface area contributed by atoms with Crippen molar-refractivity contribution in [2.45, 2.75) is 64.0 Å². The maximum absolute atomic E-state index is 13.0. The van der Waals surface area contributed by atoms with Crippen molar-refractivity contribution >= 4 is 27.8 Å². The maximum Gasteiger partial charge on any atom is 0.331 e. The second-order valence-electron chi connectivity index (χ2n) is 7.40. The van der Waals surface area contributed by atoms with Crippen molar-refractivity contribution in [3.63, 3.8) is 0 Å². The number of amides is 1. The summed E-state index contributed by atoms with van der Waals surface area (Å²) >= 11 is 3.52. The first-order valence-electron chi connectivity index (χ1n) is 10.2. The van der Waals surface area contributed by atoms with Gasteiger partial charge in [-0.15, -0.1) is 5.92 Å². The van der Waals surface area contributed by atoms with Crippen LogP contribution in [-0.4, -0.2) is 44.3 Å². The highest BCUT2D eigenvalue weighted by atomic mass is 79.9. The average Bonchev–Trinajstić information content (AvgIpc) is 2.73. The van der Waals surface area contributed by atoms with Crippen LogP contribution < -0.4 is 10.1 Å². The van der Waals surface area contributed by atoms with E-state index in [-0.39, 0.29) is 18.4 Å². The topological polar surface area (TPSA) is 73.9 Å². The van der Waals surface area contributed by atoms with Crippen LogP contribution in [-0.2, 0) is 25.5 Å². The summed E-state index contributed by atoms with van der Waals surface area (Å²) in [5, 5.41) is 2.96. The van der Waals surface area contributed by atoms with Gasteiger partial charge in [-0.3, -0.25) is 4.79 Å². The van der Waals surface area contributed by atoms with E-state index in [1.54, 1.807) is 20.1 Å². The number of methoxy groups -OCH3 is 2. The fourth-order valence-corrected chi connectivity index (χ4v) is 4.43. The Labute approximate surface area is 187 Å². The molecule has 0 bridgehead atoms. The molecule has 0 aromatic heterocycles. The molecule has 1 aromatic carbocycles. The van der Waals surface area contributed by atoms with E-state index in [4.69, 9.17) is 14.2 Å². The zero-order valence-electron chi connectivity index (χ0n) is 18.1. The summed E-state index contributed by atoms with van der Waals surface area (Å²) in [6, 6.07) is 3.65. The summed E-state index contributed by atoms with van der Waals surface area (Å²) in [6.45, 7) is 4.43. The Morgan fingerprint density at radius 3 is 2.73 bits per heavy atom. The van der Waals surface area contributed by atoms with Crippen LogP contribution in [0.2, 0.25) is 0 Å². The van der Waals surface area contributed by atoms with Crippen molar-refractivity contribution in [3.05, 3.63) is 27.7 Å². The molecule has 0 saturated heterocycles. The number of carbonyl (C=O) groups excluding carboxylic acids is 2. The lowest BCUT2D eigenvalue weighted by Crippen LogP contribution is -2.59. The first kappa shape index (κ1) is 24.2. The number of esters is 1. The van der Waals surface area contributed by atoms with E-state index < -0.39 is 11.5 Å². The number of hydrogen-bond donors (Lipinski definition) is 1. The van der Waals surface area contributed by atoms with Gasteiger partial charge in [0, 0.05) is 28.6 Å². The Morgan fingerprint density at radius 2 is 2.10 bits per heavy atom. The van der Waals surface area contributed by atoms with Gasteiger partial charge in [-0.2, -0.15) is 0 Å². The van der Waals surface area contributed by atoms with Crippen LogP contribution in [0.4, 0.5) is 0 Å². The number of rotatable bonds is 8. The molecule has 0 aliphatic heterocycles. The first-order chi connectivity index (χ1) is 14.4. The minimum Gasteiger partial charge on any atom is -0.496 e. The number of ether oxygens (including phenoxy) is 3. The van der Waals surface area contributed by atoms with Crippen LogP contribution in [0, 0.1) is 11.8 Å². The summed E-state index contributed by atoms with van der Waals surface area (Å²) in [5.41, 5.74) is 0.418. The smallest absolute Gasteiger partial charge is 0.331 e. The zero-order chi connectivity index (χ0) is 22.1. The van der Waals surface area contributed by atoms with E-state index in [0.29, 0.717) is 30.8 Å². The molecular formula is C23H30BrNO5. The van der Waals surface area contributed by atoms with Gasteiger partial charge in [0.1, 0.15) is 11.3 Å². The van der Waals surface area contributed by atoms with Gasteiger partial charge in [-0.1, -0.05) is 28.8 Å². The van der Waals surface area contributed by atoms with E-state index in [1.807, 2.05) is 13.0 Å². The summed E-state index contributed by atoms with van der Waals surface area (Å²) in [5.74, 6) is 5.70. The quantitative estimate of drug-likeness (QED) is 0.453. The van der Waals surface area contributed by atoms with E-state index in [1.165, 1.54) is 7.11 Å². The largest absolute Gasteiger partial charge is 0.496 e. The molecule has 2 unspecified atom stereocenters.